The fourth-order valence-electron chi connectivity index (χ4n) is 3.13. The van der Waals surface area contributed by atoms with Crippen molar-refractivity contribution >= 4 is 5.91 Å². The van der Waals surface area contributed by atoms with E-state index in [9.17, 15) is 18.0 Å². The third kappa shape index (κ3) is 5.22. The van der Waals surface area contributed by atoms with Crippen LogP contribution in [-0.4, -0.2) is 56.2 Å². The Labute approximate surface area is 191 Å². The molecule has 0 saturated heterocycles. The smallest absolute Gasteiger partial charge is 0.406 e. The molecule has 34 heavy (non-hydrogen) atoms. The Bertz CT molecular complexity index is 1310. The summed E-state index contributed by atoms with van der Waals surface area (Å²) in [5, 5.41) is 8.27. The molecular formula is C22H19F3N6O3. The van der Waals surface area contributed by atoms with E-state index in [0.717, 1.165) is 17.7 Å². The zero-order valence-corrected chi connectivity index (χ0v) is 18.4. The van der Waals surface area contributed by atoms with E-state index in [0.29, 0.717) is 23.5 Å². The molecule has 0 spiro atoms. The van der Waals surface area contributed by atoms with E-state index < -0.39 is 6.36 Å². The summed E-state index contributed by atoms with van der Waals surface area (Å²) in [6.07, 6.45) is -4.77. The first kappa shape index (κ1) is 23.0. The molecule has 9 nitrogen and oxygen atoms in total. The molecule has 2 aromatic carbocycles. The first-order valence-electron chi connectivity index (χ1n) is 10.0. The van der Waals surface area contributed by atoms with Gasteiger partial charge in [-0.3, -0.25) is 4.79 Å². The fraction of sp³-hybridized carbons (Fsp3) is 0.227. The molecule has 0 atom stereocenters. The van der Waals surface area contributed by atoms with Crippen LogP contribution in [0.5, 0.6) is 5.75 Å². The number of nitrogens with zero attached hydrogens (tertiary/aromatic N) is 6. The van der Waals surface area contributed by atoms with Crippen molar-refractivity contribution in [3.8, 4) is 28.9 Å². The predicted molar refractivity (Wildman–Crippen MR) is 114 cm³/mol. The molecule has 0 aliphatic heterocycles. The SMILES string of the molecule is Cc1nc(-c2nc(-c3ccc(OC(F)(F)F)cc3)no2)nn1Cc1cccc(C(=O)N(C)C)c1. The second-order valence-electron chi connectivity index (χ2n) is 7.54. The summed E-state index contributed by atoms with van der Waals surface area (Å²) in [4.78, 5) is 22.3. The number of halogens is 3. The minimum Gasteiger partial charge on any atom is -0.406 e. The molecule has 0 fully saturated rings. The van der Waals surface area contributed by atoms with Gasteiger partial charge in [-0.05, 0) is 48.9 Å². The molecule has 4 aromatic rings. The van der Waals surface area contributed by atoms with Crippen LogP contribution in [0.3, 0.4) is 0 Å². The maximum Gasteiger partial charge on any atom is 0.573 e. The van der Waals surface area contributed by atoms with Gasteiger partial charge in [0.1, 0.15) is 11.6 Å². The lowest BCUT2D eigenvalue weighted by atomic mass is 10.1. The molecule has 0 bridgehead atoms. The van der Waals surface area contributed by atoms with Gasteiger partial charge in [-0.15, -0.1) is 18.3 Å². The summed E-state index contributed by atoms with van der Waals surface area (Å²) >= 11 is 0. The van der Waals surface area contributed by atoms with Crippen molar-refractivity contribution in [2.24, 2.45) is 0 Å². The number of hydrogen-bond acceptors (Lipinski definition) is 7. The van der Waals surface area contributed by atoms with Gasteiger partial charge in [0.15, 0.2) is 0 Å². The Balaban J connectivity index is 1.51. The molecular weight excluding hydrogens is 453 g/mol. The van der Waals surface area contributed by atoms with E-state index >= 15 is 0 Å². The van der Waals surface area contributed by atoms with Crippen LogP contribution in [0.4, 0.5) is 13.2 Å². The highest BCUT2D eigenvalue weighted by Gasteiger charge is 2.31. The highest BCUT2D eigenvalue weighted by atomic mass is 19.4. The number of benzene rings is 2. The van der Waals surface area contributed by atoms with Gasteiger partial charge < -0.3 is 14.2 Å². The van der Waals surface area contributed by atoms with Crippen LogP contribution in [0, 0.1) is 6.92 Å². The molecule has 1 amide bonds. The van der Waals surface area contributed by atoms with Gasteiger partial charge in [0.25, 0.3) is 11.8 Å². The van der Waals surface area contributed by atoms with Gasteiger partial charge in [-0.25, -0.2) is 9.67 Å². The third-order valence-corrected chi connectivity index (χ3v) is 4.73. The lowest BCUT2D eigenvalue weighted by Crippen LogP contribution is -2.21. The van der Waals surface area contributed by atoms with E-state index in [1.807, 2.05) is 6.07 Å². The zero-order valence-electron chi connectivity index (χ0n) is 18.4. The number of ether oxygens (including phenoxy) is 1. The second kappa shape index (κ2) is 8.96. The maximum atomic E-state index is 12.3. The van der Waals surface area contributed by atoms with Gasteiger partial charge in [0.2, 0.25) is 11.6 Å². The number of hydrogen-bond donors (Lipinski definition) is 0. The first-order chi connectivity index (χ1) is 16.1. The lowest BCUT2D eigenvalue weighted by molar-refractivity contribution is -0.274. The summed E-state index contributed by atoms with van der Waals surface area (Å²) < 4.78 is 47.7. The van der Waals surface area contributed by atoms with Crippen molar-refractivity contribution in [2.45, 2.75) is 19.8 Å². The number of alkyl halides is 3. The Kier molecular flexibility index (Phi) is 6.05. The normalized spacial score (nSPS) is 11.5. The van der Waals surface area contributed by atoms with Crippen LogP contribution in [0.2, 0.25) is 0 Å². The number of amides is 1. The highest BCUT2D eigenvalue weighted by molar-refractivity contribution is 5.94. The van der Waals surface area contributed by atoms with E-state index in [2.05, 4.69) is 25.0 Å². The van der Waals surface area contributed by atoms with Crippen LogP contribution < -0.4 is 4.74 Å². The van der Waals surface area contributed by atoms with Crippen molar-refractivity contribution in [1.82, 2.24) is 29.8 Å². The van der Waals surface area contributed by atoms with Crippen LogP contribution in [0.25, 0.3) is 23.1 Å². The summed E-state index contributed by atoms with van der Waals surface area (Å²) in [6, 6.07) is 12.3. The van der Waals surface area contributed by atoms with Crippen molar-refractivity contribution in [1.29, 1.82) is 0 Å². The van der Waals surface area contributed by atoms with Crippen molar-refractivity contribution in [2.75, 3.05) is 14.1 Å². The zero-order chi connectivity index (χ0) is 24.5. The molecule has 0 radical (unpaired) electrons. The molecule has 0 unspecified atom stereocenters. The maximum absolute atomic E-state index is 12.3. The van der Waals surface area contributed by atoms with Crippen molar-refractivity contribution < 1.29 is 27.2 Å². The minimum atomic E-state index is -4.77. The monoisotopic (exact) mass is 472 g/mol. The van der Waals surface area contributed by atoms with Crippen LogP contribution in [0.15, 0.2) is 53.1 Å². The molecule has 0 aliphatic rings. The molecule has 2 aromatic heterocycles. The summed E-state index contributed by atoms with van der Waals surface area (Å²) in [5.41, 5.74) is 1.86. The number of carbonyl (C=O) groups is 1. The lowest BCUT2D eigenvalue weighted by Gasteiger charge is -2.11. The van der Waals surface area contributed by atoms with Gasteiger partial charge in [0.05, 0.1) is 6.54 Å². The standard InChI is InChI=1S/C22H19F3N6O3/c1-13-26-19(28-31(13)12-14-5-4-6-16(11-14)21(32)30(2)3)20-27-18(29-34-20)15-7-9-17(10-8-15)33-22(23,24)25/h4-11H,12H2,1-3H3. The average molecular weight is 472 g/mol. The minimum absolute atomic E-state index is 0.0593. The van der Waals surface area contributed by atoms with Gasteiger partial charge in [-0.2, -0.15) is 4.98 Å². The number of aromatic nitrogens is 5. The quantitative estimate of drug-likeness (QED) is 0.419. The molecule has 0 aliphatic carbocycles. The van der Waals surface area contributed by atoms with Crippen LogP contribution in [0.1, 0.15) is 21.7 Å². The Morgan fingerprint density at radius 3 is 2.50 bits per heavy atom. The Hall–Kier alpha value is -4.22. The second-order valence-corrected chi connectivity index (χ2v) is 7.54. The predicted octanol–water partition coefficient (Wildman–Crippen LogP) is 3.95. The van der Waals surface area contributed by atoms with Crippen molar-refractivity contribution in [3.05, 3.63) is 65.5 Å². The molecule has 4 rings (SSSR count). The Morgan fingerprint density at radius 1 is 1.09 bits per heavy atom. The first-order valence-corrected chi connectivity index (χ1v) is 10.0. The molecule has 2 heterocycles. The molecule has 176 valence electrons. The van der Waals surface area contributed by atoms with E-state index in [1.54, 1.807) is 43.9 Å². The van der Waals surface area contributed by atoms with Gasteiger partial charge >= 0.3 is 6.36 Å². The topological polar surface area (TPSA) is 99.2 Å². The molecule has 0 saturated carbocycles. The number of carbonyl (C=O) groups excluding carboxylic acids is 1. The summed E-state index contributed by atoms with van der Waals surface area (Å²) in [5.74, 6) is 0.560. The molecule has 0 N–H and O–H groups in total. The largest absolute Gasteiger partial charge is 0.573 e. The van der Waals surface area contributed by atoms with Gasteiger partial charge in [0, 0.05) is 25.2 Å². The average Bonchev–Trinajstić information content (AvgIpc) is 3.40. The fourth-order valence-corrected chi connectivity index (χ4v) is 3.13. The van der Waals surface area contributed by atoms with E-state index in [4.69, 9.17) is 4.52 Å². The van der Waals surface area contributed by atoms with Crippen LogP contribution in [-0.2, 0) is 6.54 Å². The third-order valence-electron chi connectivity index (χ3n) is 4.73. The van der Waals surface area contributed by atoms with E-state index in [-0.39, 0.29) is 29.2 Å². The van der Waals surface area contributed by atoms with E-state index in [1.165, 1.54) is 17.0 Å². The summed E-state index contributed by atoms with van der Waals surface area (Å²) in [6.45, 7) is 2.14. The highest BCUT2D eigenvalue weighted by Crippen LogP contribution is 2.26. The van der Waals surface area contributed by atoms with Gasteiger partial charge in [-0.1, -0.05) is 17.3 Å². The van der Waals surface area contributed by atoms with Crippen LogP contribution >= 0.6 is 0 Å². The molecule has 12 heteroatoms. The number of aryl methyl sites for hydroxylation is 1. The Morgan fingerprint density at radius 2 is 1.82 bits per heavy atom. The number of rotatable bonds is 6. The summed E-state index contributed by atoms with van der Waals surface area (Å²) in [7, 11) is 3.37. The van der Waals surface area contributed by atoms with Crippen molar-refractivity contribution in [3.63, 3.8) is 0 Å².